The molecule has 0 aromatic heterocycles. The van der Waals surface area contributed by atoms with Crippen molar-refractivity contribution in [1.82, 2.24) is 0 Å². The first-order chi connectivity index (χ1) is 7.67. The molecule has 0 aliphatic heterocycles. The second-order valence-electron chi connectivity index (χ2n) is 7.97. The smallest absolute Gasteiger partial charge is 0.0911 e. The van der Waals surface area contributed by atoms with Crippen LogP contribution in [0.5, 0.6) is 0 Å². The minimum absolute atomic E-state index is 0.237. The first-order valence-electron chi connectivity index (χ1n) is 7.08. The maximum atomic E-state index is 10.6. The van der Waals surface area contributed by atoms with Crippen molar-refractivity contribution in [2.45, 2.75) is 71.5 Å². The molecule has 2 heteroatoms. The van der Waals surface area contributed by atoms with E-state index in [1.807, 2.05) is 6.92 Å². The normalized spacial score (nSPS) is 60.4. The molecule has 0 bridgehead atoms. The molecule has 3 saturated carbocycles. The molecule has 3 rings (SSSR count). The first-order valence-corrected chi connectivity index (χ1v) is 7.08. The zero-order valence-corrected chi connectivity index (χ0v) is 11.6. The Labute approximate surface area is 104 Å². The molecule has 0 aromatic rings. The predicted octanol–water partition coefficient (Wildman–Crippen LogP) is 2.72. The molecule has 98 valence electrons. The van der Waals surface area contributed by atoms with E-state index in [4.69, 9.17) is 0 Å². The molecule has 0 saturated heterocycles. The molecular weight excluding hydrogens is 212 g/mol. The Hall–Kier alpha value is -0.0800. The Kier molecular flexibility index (Phi) is 2.05. The van der Waals surface area contributed by atoms with E-state index in [9.17, 15) is 10.2 Å². The molecule has 5 atom stereocenters. The fourth-order valence-electron chi connectivity index (χ4n) is 5.72. The van der Waals surface area contributed by atoms with E-state index in [1.54, 1.807) is 0 Å². The highest BCUT2D eigenvalue weighted by Crippen LogP contribution is 2.81. The van der Waals surface area contributed by atoms with E-state index in [0.29, 0.717) is 11.3 Å². The summed E-state index contributed by atoms with van der Waals surface area (Å²) < 4.78 is 0. The van der Waals surface area contributed by atoms with Crippen molar-refractivity contribution < 1.29 is 10.2 Å². The monoisotopic (exact) mass is 238 g/mol. The van der Waals surface area contributed by atoms with Gasteiger partial charge in [-0.25, -0.2) is 0 Å². The second-order valence-corrected chi connectivity index (χ2v) is 7.97. The highest BCUT2D eigenvalue weighted by Gasteiger charge is 2.78. The van der Waals surface area contributed by atoms with Crippen LogP contribution in [0.15, 0.2) is 0 Å². The minimum atomic E-state index is -0.867. The average molecular weight is 238 g/mol. The average Bonchev–Trinajstić information content (AvgIpc) is 2.91. The topological polar surface area (TPSA) is 40.5 Å². The van der Waals surface area contributed by atoms with Crippen LogP contribution in [0, 0.1) is 22.2 Å². The van der Waals surface area contributed by atoms with Crippen LogP contribution in [0.25, 0.3) is 0 Å². The lowest BCUT2D eigenvalue weighted by atomic mass is 9.47. The summed E-state index contributed by atoms with van der Waals surface area (Å²) in [6.45, 7) is 8.95. The van der Waals surface area contributed by atoms with Crippen molar-refractivity contribution in [3.63, 3.8) is 0 Å². The lowest BCUT2D eigenvalue weighted by molar-refractivity contribution is -0.181. The third-order valence-corrected chi connectivity index (χ3v) is 6.80. The highest BCUT2D eigenvalue weighted by molar-refractivity contribution is 5.27. The van der Waals surface area contributed by atoms with Crippen LogP contribution in [-0.2, 0) is 0 Å². The zero-order chi connectivity index (χ0) is 12.7. The highest BCUT2D eigenvalue weighted by atomic mass is 16.3. The third-order valence-electron chi connectivity index (χ3n) is 6.80. The van der Waals surface area contributed by atoms with Crippen LogP contribution in [0.1, 0.15) is 59.8 Å². The van der Waals surface area contributed by atoms with Crippen LogP contribution in [0.4, 0.5) is 0 Å². The molecule has 0 amide bonds. The van der Waals surface area contributed by atoms with Gasteiger partial charge >= 0.3 is 0 Å². The van der Waals surface area contributed by atoms with Gasteiger partial charge in [0.15, 0.2) is 0 Å². The molecule has 2 nitrogen and oxygen atoms in total. The van der Waals surface area contributed by atoms with Crippen LogP contribution >= 0.6 is 0 Å². The van der Waals surface area contributed by atoms with E-state index in [1.165, 1.54) is 19.3 Å². The van der Waals surface area contributed by atoms with Crippen LogP contribution < -0.4 is 0 Å². The summed E-state index contributed by atoms with van der Waals surface area (Å²) in [7, 11) is 0. The van der Waals surface area contributed by atoms with Gasteiger partial charge in [-0.15, -0.1) is 0 Å². The lowest BCUT2D eigenvalue weighted by Gasteiger charge is -2.58. The maximum absolute atomic E-state index is 10.6. The second kappa shape index (κ2) is 2.91. The number of aliphatic hydroxyl groups excluding tert-OH is 1. The molecule has 0 heterocycles. The van der Waals surface area contributed by atoms with Gasteiger partial charge in [0.25, 0.3) is 0 Å². The first kappa shape index (κ1) is 12.0. The molecule has 2 N–H and O–H groups in total. The zero-order valence-electron chi connectivity index (χ0n) is 11.6. The largest absolute Gasteiger partial charge is 0.390 e. The molecule has 17 heavy (non-hydrogen) atoms. The summed E-state index contributed by atoms with van der Waals surface area (Å²) in [5.41, 5.74) is -0.0367. The summed E-state index contributed by atoms with van der Waals surface area (Å²) in [5, 5.41) is 20.8. The van der Waals surface area contributed by atoms with Crippen LogP contribution in [0.2, 0.25) is 0 Å². The Balaban J connectivity index is 2.07. The van der Waals surface area contributed by atoms with Crippen molar-refractivity contribution in [2.24, 2.45) is 22.2 Å². The summed E-state index contributed by atoms with van der Waals surface area (Å²) in [4.78, 5) is 0. The van der Waals surface area contributed by atoms with Gasteiger partial charge in [-0.2, -0.15) is 0 Å². The molecule has 1 spiro atoms. The Morgan fingerprint density at radius 3 is 2.29 bits per heavy atom. The summed E-state index contributed by atoms with van der Waals surface area (Å²) in [6.07, 6.45) is 5.11. The van der Waals surface area contributed by atoms with E-state index in [0.717, 1.165) is 12.8 Å². The van der Waals surface area contributed by atoms with Gasteiger partial charge in [-0.1, -0.05) is 27.2 Å². The van der Waals surface area contributed by atoms with Gasteiger partial charge in [0, 0.05) is 0 Å². The molecular formula is C15H26O2. The van der Waals surface area contributed by atoms with Crippen molar-refractivity contribution >= 4 is 0 Å². The Morgan fingerprint density at radius 1 is 1.00 bits per heavy atom. The van der Waals surface area contributed by atoms with Gasteiger partial charge < -0.3 is 10.2 Å². The fraction of sp³-hybridized carbons (Fsp3) is 1.00. The molecule has 0 radical (unpaired) electrons. The quantitative estimate of drug-likeness (QED) is 0.681. The van der Waals surface area contributed by atoms with Crippen molar-refractivity contribution in [1.29, 1.82) is 0 Å². The van der Waals surface area contributed by atoms with Crippen LogP contribution in [-0.4, -0.2) is 21.9 Å². The summed E-state index contributed by atoms with van der Waals surface area (Å²) in [5.74, 6) is 0.305. The summed E-state index contributed by atoms with van der Waals surface area (Å²) in [6, 6.07) is 0. The Bertz CT molecular complexity index is 360. The standard InChI is InChI=1S/C15H26O2/c1-12(2)6-5-7-13(3)9-11(16)14(4,17)10-8-15(10,12)13/h10-11,16-17H,5-9H2,1-4H3/t10-,11-,13-,14-,15-/m0/s1. The lowest BCUT2D eigenvalue weighted by Crippen LogP contribution is -2.58. The number of rotatable bonds is 0. The molecule has 0 aromatic carbocycles. The molecule has 0 unspecified atom stereocenters. The van der Waals surface area contributed by atoms with Crippen LogP contribution in [0.3, 0.4) is 0 Å². The van der Waals surface area contributed by atoms with Gasteiger partial charge in [0.1, 0.15) is 0 Å². The van der Waals surface area contributed by atoms with Gasteiger partial charge in [-0.05, 0) is 54.8 Å². The molecule has 3 aliphatic carbocycles. The summed E-state index contributed by atoms with van der Waals surface area (Å²) >= 11 is 0. The molecule has 3 fully saturated rings. The van der Waals surface area contributed by atoms with Crippen molar-refractivity contribution in [3.05, 3.63) is 0 Å². The Morgan fingerprint density at radius 2 is 1.65 bits per heavy atom. The predicted molar refractivity (Wildman–Crippen MR) is 67.5 cm³/mol. The van der Waals surface area contributed by atoms with Gasteiger partial charge in [-0.3, -0.25) is 0 Å². The molecule has 3 aliphatic rings. The van der Waals surface area contributed by atoms with Crippen molar-refractivity contribution in [2.75, 3.05) is 0 Å². The number of hydrogen-bond donors (Lipinski definition) is 2. The number of hydrogen-bond acceptors (Lipinski definition) is 2. The number of aliphatic hydroxyl groups is 2. The van der Waals surface area contributed by atoms with Crippen molar-refractivity contribution in [3.8, 4) is 0 Å². The van der Waals surface area contributed by atoms with Gasteiger partial charge in [0.05, 0.1) is 11.7 Å². The maximum Gasteiger partial charge on any atom is 0.0911 e. The fourth-order valence-corrected chi connectivity index (χ4v) is 5.72. The SMILES string of the molecule is CC1(C)CCC[C@@]2(C)C[C@H](O)[C@@](C)(O)[C@@H]3C[C@]312. The van der Waals surface area contributed by atoms with E-state index < -0.39 is 11.7 Å². The van der Waals surface area contributed by atoms with E-state index in [-0.39, 0.29) is 10.8 Å². The third kappa shape index (κ3) is 1.14. The minimum Gasteiger partial charge on any atom is -0.390 e. The van der Waals surface area contributed by atoms with Gasteiger partial charge in [0.2, 0.25) is 0 Å². The van der Waals surface area contributed by atoms with E-state index >= 15 is 0 Å². The van der Waals surface area contributed by atoms with E-state index in [2.05, 4.69) is 20.8 Å².